The molecule has 1 aliphatic rings. The summed E-state index contributed by atoms with van der Waals surface area (Å²) < 4.78 is 5.33. The van der Waals surface area contributed by atoms with Crippen LogP contribution in [0.1, 0.15) is 36.3 Å². The van der Waals surface area contributed by atoms with Gasteiger partial charge in [0.25, 0.3) is 11.6 Å². The first kappa shape index (κ1) is 17.3. The first-order valence-electron chi connectivity index (χ1n) is 8.27. The van der Waals surface area contributed by atoms with Crippen molar-refractivity contribution >= 4 is 28.1 Å². The Morgan fingerprint density at radius 2 is 2.08 bits per heavy atom. The standard InChI is InChI=1S/C17H19N3O4S/c21-16(11-24-13-7-5-6-12(10-13)20(22)23)19-17-18-14-8-3-1-2-4-9-15(14)25-17/h5-7,10H,1-4,8-9,11H2,(H,18,19,21). The second-order valence-corrected chi connectivity index (χ2v) is 6.98. The summed E-state index contributed by atoms with van der Waals surface area (Å²) in [5.41, 5.74) is 1.03. The van der Waals surface area contributed by atoms with Gasteiger partial charge in [-0.3, -0.25) is 20.2 Å². The summed E-state index contributed by atoms with van der Waals surface area (Å²) in [6, 6.07) is 5.77. The molecule has 0 aliphatic heterocycles. The zero-order chi connectivity index (χ0) is 17.6. The lowest BCUT2D eigenvalue weighted by Gasteiger charge is -2.06. The van der Waals surface area contributed by atoms with E-state index in [0.29, 0.717) is 5.13 Å². The molecule has 0 radical (unpaired) electrons. The smallest absolute Gasteiger partial charge is 0.273 e. The Kier molecular flexibility index (Phi) is 5.60. The van der Waals surface area contributed by atoms with Crippen LogP contribution in [0.2, 0.25) is 0 Å². The number of fused-ring (bicyclic) bond motifs is 1. The number of nitro groups is 1. The second kappa shape index (κ2) is 8.06. The van der Waals surface area contributed by atoms with Gasteiger partial charge in [-0.2, -0.15) is 0 Å². The molecule has 0 saturated heterocycles. The number of carbonyl (C=O) groups excluding carboxylic acids is 1. The Balaban J connectivity index is 1.57. The van der Waals surface area contributed by atoms with E-state index in [1.54, 1.807) is 6.07 Å². The quantitative estimate of drug-likeness (QED) is 0.647. The Morgan fingerprint density at radius 3 is 2.88 bits per heavy atom. The van der Waals surface area contributed by atoms with E-state index in [0.717, 1.165) is 25.0 Å². The predicted molar refractivity (Wildman–Crippen MR) is 95.2 cm³/mol. The molecule has 132 valence electrons. The van der Waals surface area contributed by atoms with Crippen LogP contribution < -0.4 is 10.1 Å². The summed E-state index contributed by atoms with van der Waals surface area (Å²) in [6.07, 6.45) is 6.77. The van der Waals surface area contributed by atoms with Crippen molar-refractivity contribution in [3.8, 4) is 5.75 Å². The number of hydrogen-bond acceptors (Lipinski definition) is 6. The van der Waals surface area contributed by atoms with Crippen LogP contribution in [0.4, 0.5) is 10.8 Å². The van der Waals surface area contributed by atoms with Crippen LogP contribution in [-0.4, -0.2) is 22.4 Å². The molecule has 2 aromatic rings. The van der Waals surface area contributed by atoms with E-state index in [2.05, 4.69) is 10.3 Å². The number of rotatable bonds is 5. The van der Waals surface area contributed by atoms with E-state index < -0.39 is 4.92 Å². The zero-order valence-electron chi connectivity index (χ0n) is 13.7. The Hall–Kier alpha value is -2.48. The fraction of sp³-hybridized carbons (Fsp3) is 0.412. The minimum absolute atomic E-state index is 0.0716. The number of non-ortho nitro benzene ring substituents is 1. The SMILES string of the molecule is O=C(COc1cccc([N+](=O)[O-])c1)Nc1nc2c(s1)CCCCCC2. The van der Waals surface area contributed by atoms with Gasteiger partial charge in [-0.1, -0.05) is 18.9 Å². The lowest BCUT2D eigenvalue weighted by atomic mass is 10.0. The molecule has 0 unspecified atom stereocenters. The van der Waals surface area contributed by atoms with Crippen LogP contribution in [0.5, 0.6) is 5.75 Å². The summed E-state index contributed by atoms with van der Waals surface area (Å²) in [7, 11) is 0. The summed E-state index contributed by atoms with van der Waals surface area (Å²) in [6.45, 7) is -0.217. The number of aromatic nitrogens is 1. The highest BCUT2D eigenvalue weighted by atomic mass is 32.1. The number of nitrogens with one attached hydrogen (secondary N) is 1. The largest absolute Gasteiger partial charge is 0.484 e. The molecule has 1 amide bonds. The lowest BCUT2D eigenvalue weighted by Crippen LogP contribution is -2.20. The van der Waals surface area contributed by atoms with Gasteiger partial charge in [0.2, 0.25) is 0 Å². The first-order chi connectivity index (χ1) is 12.1. The molecule has 7 nitrogen and oxygen atoms in total. The van der Waals surface area contributed by atoms with Gasteiger partial charge < -0.3 is 4.74 Å². The molecule has 1 aromatic heterocycles. The average Bonchev–Trinajstić information content (AvgIpc) is 2.94. The topological polar surface area (TPSA) is 94.4 Å². The van der Waals surface area contributed by atoms with E-state index in [-0.39, 0.29) is 24.0 Å². The molecule has 1 N–H and O–H groups in total. The van der Waals surface area contributed by atoms with Crippen LogP contribution in [0.25, 0.3) is 0 Å². The highest BCUT2D eigenvalue weighted by Crippen LogP contribution is 2.28. The van der Waals surface area contributed by atoms with Crippen molar-refractivity contribution in [2.75, 3.05) is 11.9 Å². The second-order valence-electron chi connectivity index (χ2n) is 5.89. The molecule has 0 saturated carbocycles. The Morgan fingerprint density at radius 1 is 1.28 bits per heavy atom. The van der Waals surface area contributed by atoms with Gasteiger partial charge in [0, 0.05) is 10.9 Å². The van der Waals surface area contributed by atoms with Crippen molar-refractivity contribution in [3.05, 3.63) is 45.0 Å². The number of benzene rings is 1. The fourth-order valence-electron chi connectivity index (χ4n) is 2.75. The van der Waals surface area contributed by atoms with Crippen molar-refractivity contribution in [2.45, 2.75) is 38.5 Å². The number of anilines is 1. The number of carbonyl (C=O) groups is 1. The third-order valence-electron chi connectivity index (χ3n) is 3.99. The monoisotopic (exact) mass is 361 g/mol. The van der Waals surface area contributed by atoms with Gasteiger partial charge in [0.05, 0.1) is 16.7 Å². The van der Waals surface area contributed by atoms with Crippen LogP contribution in [0, 0.1) is 10.1 Å². The molecule has 0 atom stereocenters. The minimum Gasteiger partial charge on any atom is -0.484 e. The van der Waals surface area contributed by atoms with Gasteiger partial charge in [0.1, 0.15) is 5.75 Å². The molecule has 1 heterocycles. The maximum atomic E-state index is 12.0. The number of aryl methyl sites for hydroxylation is 2. The van der Waals surface area contributed by atoms with Gasteiger partial charge in [0.15, 0.2) is 11.7 Å². The van der Waals surface area contributed by atoms with Crippen LogP contribution in [-0.2, 0) is 17.6 Å². The highest BCUT2D eigenvalue weighted by molar-refractivity contribution is 7.15. The molecule has 8 heteroatoms. The minimum atomic E-state index is -0.502. The van der Waals surface area contributed by atoms with E-state index in [4.69, 9.17) is 4.74 Å². The molecular weight excluding hydrogens is 342 g/mol. The Bertz CT molecular complexity index is 750. The summed E-state index contributed by atoms with van der Waals surface area (Å²) in [4.78, 5) is 28.1. The van der Waals surface area contributed by atoms with E-state index in [1.165, 1.54) is 53.7 Å². The predicted octanol–water partition coefficient (Wildman–Crippen LogP) is 3.73. The fourth-order valence-corrected chi connectivity index (χ4v) is 3.82. The maximum Gasteiger partial charge on any atom is 0.273 e. The van der Waals surface area contributed by atoms with E-state index >= 15 is 0 Å². The van der Waals surface area contributed by atoms with Crippen molar-refractivity contribution in [2.24, 2.45) is 0 Å². The highest BCUT2D eigenvalue weighted by Gasteiger charge is 2.15. The number of nitro benzene ring substituents is 1. The average molecular weight is 361 g/mol. The number of ether oxygens (including phenoxy) is 1. The molecule has 25 heavy (non-hydrogen) atoms. The van der Waals surface area contributed by atoms with E-state index in [1.807, 2.05) is 0 Å². The lowest BCUT2D eigenvalue weighted by molar-refractivity contribution is -0.384. The Labute approximate surface area is 149 Å². The molecular formula is C17H19N3O4S. The normalized spacial score (nSPS) is 14.1. The van der Waals surface area contributed by atoms with Crippen molar-refractivity contribution in [1.82, 2.24) is 4.98 Å². The van der Waals surface area contributed by atoms with Gasteiger partial charge in [-0.05, 0) is 31.7 Å². The van der Waals surface area contributed by atoms with Crippen molar-refractivity contribution in [1.29, 1.82) is 0 Å². The summed E-state index contributed by atoms with van der Waals surface area (Å²) in [5.74, 6) is -0.0380. The summed E-state index contributed by atoms with van der Waals surface area (Å²) in [5, 5.41) is 14.1. The molecule has 0 bridgehead atoms. The zero-order valence-corrected chi connectivity index (χ0v) is 14.5. The number of hydrogen-bond donors (Lipinski definition) is 1. The molecule has 1 aromatic carbocycles. The first-order valence-corrected chi connectivity index (χ1v) is 9.09. The number of nitrogens with zero attached hydrogens (tertiary/aromatic N) is 2. The number of amides is 1. The number of thiazole rings is 1. The van der Waals surface area contributed by atoms with Gasteiger partial charge >= 0.3 is 0 Å². The maximum absolute atomic E-state index is 12.0. The van der Waals surface area contributed by atoms with Crippen molar-refractivity contribution < 1.29 is 14.5 Å². The van der Waals surface area contributed by atoms with E-state index in [9.17, 15) is 14.9 Å². The summed E-state index contributed by atoms with van der Waals surface area (Å²) >= 11 is 1.53. The van der Waals surface area contributed by atoms with Crippen LogP contribution in [0.15, 0.2) is 24.3 Å². The molecule has 1 aliphatic carbocycles. The van der Waals surface area contributed by atoms with Gasteiger partial charge in [-0.15, -0.1) is 11.3 Å². The molecule has 0 fully saturated rings. The molecule has 0 spiro atoms. The van der Waals surface area contributed by atoms with Crippen molar-refractivity contribution in [3.63, 3.8) is 0 Å². The molecule has 3 rings (SSSR count). The van der Waals surface area contributed by atoms with Gasteiger partial charge in [-0.25, -0.2) is 4.98 Å². The third kappa shape index (κ3) is 4.76. The van der Waals surface area contributed by atoms with Crippen LogP contribution in [0.3, 0.4) is 0 Å². The van der Waals surface area contributed by atoms with Crippen LogP contribution >= 0.6 is 11.3 Å². The third-order valence-corrected chi connectivity index (χ3v) is 5.06.